The number of hydrogen-bond donors (Lipinski definition) is 2. The topological polar surface area (TPSA) is 68.0 Å². The lowest BCUT2D eigenvalue weighted by atomic mass is 10.1. The Balaban J connectivity index is 2.18. The smallest absolute Gasteiger partial charge is 0.253 e. The van der Waals surface area contributed by atoms with Crippen molar-refractivity contribution >= 4 is 38.9 Å². The molecule has 0 fully saturated rings. The van der Waals surface area contributed by atoms with Crippen molar-refractivity contribution in [3.8, 4) is 0 Å². The van der Waals surface area contributed by atoms with Gasteiger partial charge in [0.2, 0.25) is 0 Å². The van der Waals surface area contributed by atoms with Crippen molar-refractivity contribution in [2.45, 2.75) is 19.9 Å². The second kappa shape index (κ2) is 5.88. The van der Waals surface area contributed by atoms with Crippen molar-refractivity contribution in [1.29, 1.82) is 0 Å². The number of carbonyl (C=O) groups excluding carboxylic acids is 1. The summed E-state index contributed by atoms with van der Waals surface area (Å²) in [5.74, 6) is -0.888. The third kappa shape index (κ3) is 3.16. The van der Waals surface area contributed by atoms with Gasteiger partial charge in [-0.2, -0.15) is 0 Å². The molecule has 0 radical (unpaired) electrons. The zero-order valence-corrected chi connectivity index (χ0v) is 13.3. The van der Waals surface area contributed by atoms with Crippen molar-refractivity contribution < 1.29 is 9.18 Å². The molecule has 0 spiro atoms. The number of nitrogen functional groups attached to an aromatic ring is 1. The van der Waals surface area contributed by atoms with Gasteiger partial charge in [0.15, 0.2) is 0 Å². The third-order valence-corrected chi connectivity index (χ3v) is 4.44. The molecular weight excluding hydrogens is 345 g/mol. The van der Waals surface area contributed by atoms with Gasteiger partial charge in [0.25, 0.3) is 5.91 Å². The lowest BCUT2D eigenvalue weighted by Crippen LogP contribution is -2.27. The normalized spacial score (nSPS) is 12.2. The Morgan fingerprint density at radius 2 is 2.25 bits per heavy atom. The first-order valence-electron chi connectivity index (χ1n) is 5.86. The number of anilines is 1. The zero-order valence-electron chi connectivity index (χ0n) is 10.9. The van der Waals surface area contributed by atoms with E-state index in [2.05, 4.69) is 26.2 Å². The van der Waals surface area contributed by atoms with E-state index in [-0.39, 0.29) is 17.6 Å². The van der Waals surface area contributed by atoms with Gasteiger partial charge in [-0.3, -0.25) is 4.79 Å². The van der Waals surface area contributed by atoms with E-state index >= 15 is 0 Å². The molecule has 0 aliphatic heterocycles. The standard InChI is InChI=1S/C13H13BrFN3OS/c1-6-5-17-13(20-6)7(2)18-12(19)8-3-11(16)10(15)4-9(8)14/h3-5,7H,16H2,1-2H3,(H,18,19). The monoisotopic (exact) mass is 357 g/mol. The van der Waals surface area contributed by atoms with Crippen LogP contribution in [0.2, 0.25) is 0 Å². The first-order valence-corrected chi connectivity index (χ1v) is 7.47. The molecule has 1 unspecified atom stereocenters. The number of hydrogen-bond acceptors (Lipinski definition) is 4. The number of benzene rings is 1. The summed E-state index contributed by atoms with van der Waals surface area (Å²) < 4.78 is 13.6. The molecule has 2 rings (SSSR count). The molecule has 0 saturated heterocycles. The van der Waals surface area contributed by atoms with Crippen LogP contribution < -0.4 is 11.1 Å². The van der Waals surface area contributed by atoms with Crippen LogP contribution in [0.5, 0.6) is 0 Å². The highest BCUT2D eigenvalue weighted by Crippen LogP contribution is 2.24. The Morgan fingerprint density at radius 1 is 1.55 bits per heavy atom. The Labute approximate surface area is 128 Å². The quantitative estimate of drug-likeness (QED) is 0.826. The van der Waals surface area contributed by atoms with Crippen molar-refractivity contribution in [3.05, 3.63) is 44.1 Å². The lowest BCUT2D eigenvalue weighted by Gasteiger charge is -2.13. The predicted octanol–water partition coefficient (Wildman–Crippen LogP) is 3.43. The maximum Gasteiger partial charge on any atom is 0.253 e. The SMILES string of the molecule is Cc1cnc(C(C)NC(=O)c2cc(N)c(F)cc2Br)s1. The number of aryl methyl sites for hydroxylation is 1. The molecular formula is C13H13BrFN3OS. The second-order valence-corrected chi connectivity index (χ2v) is 6.48. The van der Waals surface area contributed by atoms with E-state index < -0.39 is 5.82 Å². The average molecular weight is 358 g/mol. The largest absolute Gasteiger partial charge is 0.396 e. The number of thiazole rings is 1. The molecule has 1 atom stereocenters. The minimum atomic E-state index is -0.558. The maximum absolute atomic E-state index is 13.3. The van der Waals surface area contributed by atoms with Crippen LogP contribution in [0.15, 0.2) is 22.8 Å². The number of carbonyl (C=O) groups is 1. The Kier molecular flexibility index (Phi) is 4.39. The van der Waals surface area contributed by atoms with E-state index in [4.69, 9.17) is 5.73 Å². The van der Waals surface area contributed by atoms with Gasteiger partial charge in [0.05, 0.1) is 17.3 Å². The van der Waals surface area contributed by atoms with Crippen LogP contribution >= 0.6 is 27.3 Å². The average Bonchev–Trinajstić information content (AvgIpc) is 2.80. The van der Waals surface area contributed by atoms with Crippen LogP contribution in [0, 0.1) is 12.7 Å². The van der Waals surface area contributed by atoms with Gasteiger partial charge in [0.1, 0.15) is 10.8 Å². The highest BCUT2D eigenvalue weighted by atomic mass is 79.9. The number of halogens is 2. The fraction of sp³-hybridized carbons (Fsp3) is 0.231. The predicted molar refractivity (Wildman–Crippen MR) is 81.2 cm³/mol. The molecule has 7 heteroatoms. The van der Waals surface area contributed by atoms with Crippen LogP contribution in [0.3, 0.4) is 0 Å². The summed E-state index contributed by atoms with van der Waals surface area (Å²) >= 11 is 4.68. The van der Waals surface area contributed by atoms with E-state index in [1.807, 2.05) is 13.8 Å². The minimum Gasteiger partial charge on any atom is -0.396 e. The molecule has 1 aromatic carbocycles. The van der Waals surface area contributed by atoms with Crippen molar-refractivity contribution in [3.63, 3.8) is 0 Å². The molecule has 4 nitrogen and oxygen atoms in total. The minimum absolute atomic E-state index is 0.0592. The first kappa shape index (κ1) is 14.9. The number of nitrogens with two attached hydrogens (primary N) is 1. The molecule has 106 valence electrons. The fourth-order valence-electron chi connectivity index (χ4n) is 1.65. The van der Waals surface area contributed by atoms with E-state index in [1.54, 1.807) is 6.20 Å². The number of aromatic nitrogens is 1. The molecule has 3 N–H and O–H groups in total. The summed E-state index contributed by atoms with van der Waals surface area (Å²) in [5.41, 5.74) is 5.72. The van der Waals surface area contributed by atoms with Crippen molar-refractivity contribution in [2.24, 2.45) is 0 Å². The molecule has 1 heterocycles. The zero-order chi connectivity index (χ0) is 14.9. The van der Waals surface area contributed by atoms with Gasteiger partial charge in [-0.1, -0.05) is 0 Å². The molecule has 2 aromatic rings. The Hall–Kier alpha value is -1.47. The van der Waals surface area contributed by atoms with Gasteiger partial charge in [0, 0.05) is 15.5 Å². The third-order valence-electron chi connectivity index (χ3n) is 2.69. The lowest BCUT2D eigenvalue weighted by molar-refractivity contribution is 0.0939. The number of nitrogens with one attached hydrogen (secondary N) is 1. The van der Waals surface area contributed by atoms with Crippen LogP contribution in [0.25, 0.3) is 0 Å². The fourth-order valence-corrected chi connectivity index (χ4v) is 2.92. The Bertz CT molecular complexity index is 659. The number of rotatable bonds is 3. The molecule has 0 aliphatic rings. The van der Waals surface area contributed by atoms with Crippen LogP contribution in [0.1, 0.15) is 33.2 Å². The number of nitrogens with zero attached hydrogens (tertiary/aromatic N) is 1. The van der Waals surface area contributed by atoms with E-state index in [1.165, 1.54) is 23.5 Å². The molecule has 0 saturated carbocycles. The molecule has 20 heavy (non-hydrogen) atoms. The van der Waals surface area contributed by atoms with Gasteiger partial charge < -0.3 is 11.1 Å². The van der Waals surface area contributed by atoms with E-state index in [0.29, 0.717) is 10.0 Å². The summed E-state index contributed by atoms with van der Waals surface area (Å²) in [5, 5.41) is 3.64. The van der Waals surface area contributed by atoms with Crippen LogP contribution in [0.4, 0.5) is 10.1 Å². The second-order valence-electron chi connectivity index (χ2n) is 4.36. The highest BCUT2D eigenvalue weighted by Gasteiger charge is 2.17. The maximum atomic E-state index is 13.3. The highest BCUT2D eigenvalue weighted by molar-refractivity contribution is 9.10. The van der Waals surface area contributed by atoms with Crippen molar-refractivity contribution in [1.82, 2.24) is 10.3 Å². The number of amides is 1. The Morgan fingerprint density at radius 3 is 2.85 bits per heavy atom. The summed E-state index contributed by atoms with van der Waals surface area (Å²) in [7, 11) is 0. The van der Waals surface area contributed by atoms with Crippen LogP contribution in [-0.4, -0.2) is 10.9 Å². The molecule has 0 aliphatic carbocycles. The molecule has 0 bridgehead atoms. The van der Waals surface area contributed by atoms with Gasteiger partial charge in [-0.15, -0.1) is 11.3 Å². The van der Waals surface area contributed by atoms with Gasteiger partial charge in [-0.25, -0.2) is 9.37 Å². The van der Waals surface area contributed by atoms with Crippen molar-refractivity contribution in [2.75, 3.05) is 5.73 Å². The van der Waals surface area contributed by atoms with Gasteiger partial charge in [-0.05, 0) is 41.9 Å². The van der Waals surface area contributed by atoms with Crippen LogP contribution in [-0.2, 0) is 0 Å². The molecule has 1 aromatic heterocycles. The summed E-state index contributed by atoms with van der Waals surface area (Å²) in [6, 6.07) is 2.27. The summed E-state index contributed by atoms with van der Waals surface area (Å²) in [6.07, 6.45) is 1.76. The molecule has 1 amide bonds. The van der Waals surface area contributed by atoms with E-state index in [9.17, 15) is 9.18 Å². The van der Waals surface area contributed by atoms with E-state index in [0.717, 1.165) is 9.88 Å². The van der Waals surface area contributed by atoms with Gasteiger partial charge >= 0.3 is 0 Å². The first-order chi connectivity index (χ1) is 9.38. The summed E-state index contributed by atoms with van der Waals surface area (Å²) in [6.45, 7) is 3.80. The summed E-state index contributed by atoms with van der Waals surface area (Å²) in [4.78, 5) is 17.5.